The smallest absolute Gasteiger partial charge is 0.231 e. The van der Waals surface area contributed by atoms with E-state index in [1.165, 1.54) is 5.56 Å². The van der Waals surface area contributed by atoms with Crippen LogP contribution in [0.2, 0.25) is 0 Å². The molecule has 6 heteroatoms. The van der Waals surface area contributed by atoms with E-state index in [2.05, 4.69) is 15.6 Å². The molecule has 1 aliphatic heterocycles. The zero-order chi connectivity index (χ0) is 18.2. The highest BCUT2D eigenvalue weighted by Gasteiger charge is 2.12. The highest BCUT2D eigenvalue weighted by atomic mass is 16.7. The Labute approximate surface area is 153 Å². The largest absolute Gasteiger partial charge is 0.508 e. The molecule has 0 atom stereocenters. The van der Waals surface area contributed by atoms with Crippen LogP contribution < -0.4 is 20.1 Å². The Kier molecular flexibility index (Phi) is 6.19. The molecule has 6 nitrogen and oxygen atoms in total. The highest BCUT2D eigenvalue weighted by Crippen LogP contribution is 2.32. The third-order valence-electron chi connectivity index (χ3n) is 4.07. The summed E-state index contributed by atoms with van der Waals surface area (Å²) in [6.45, 7) is 4.58. The molecule has 0 radical (unpaired) electrons. The van der Waals surface area contributed by atoms with Crippen LogP contribution in [0.1, 0.15) is 18.1 Å². The second-order valence-electron chi connectivity index (χ2n) is 6.04. The first-order valence-electron chi connectivity index (χ1n) is 8.93. The molecule has 3 rings (SSSR count). The molecule has 0 bridgehead atoms. The van der Waals surface area contributed by atoms with Gasteiger partial charge in [0, 0.05) is 19.6 Å². The molecular weight excluding hydrogens is 330 g/mol. The van der Waals surface area contributed by atoms with E-state index in [1.807, 2.05) is 37.3 Å². The number of phenols is 1. The molecule has 1 aliphatic rings. The van der Waals surface area contributed by atoms with Crippen LogP contribution in [0.3, 0.4) is 0 Å². The first-order valence-corrected chi connectivity index (χ1v) is 8.93. The number of aliphatic imine (C=N–C) groups is 1. The van der Waals surface area contributed by atoms with Crippen molar-refractivity contribution in [2.24, 2.45) is 4.99 Å². The summed E-state index contributed by atoms with van der Waals surface area (Å²) in [4.78, 5) is 4.62. The third kappa shape index (κ3) is 5.05. The van der Waals surface area contributed by atoms with Crippen molar-refractivity contribution in [1.82, 2.24) is 10.6 Å². The van der Waals surface area contributed by atoms with E-state index in [1.54, 1.807) is 12.1 Å². The molecular formula is C20H25N3O3. The lowest BCUT2D eigenvalue weighted by Crippen LogP contribution is -2.38. The van der Waals surface area contributed by atoms with E-state index in [0.717, 1.165) is 49.0 Å². The lowest BCUT2D eigenvalue weighted by atomic mass is 10.1. The van der Waals surface area contributed by atoms with E-state index >= 15 is 0 Å². The van der Waals surface area contributed by atoms with Gasteiger partial charge in [0.15, 0.2) is 17.5 Å². The molecule has 26 heavy (non-hydrogen) atoms. The van der Waals surface area contributed by atoms with Crippen molar-refractivity contribution in [3.63, 3.8) is 0 Å². The van der Waals surface area contributed by atoms with Crippen LogP contribution in [-0.4, -0.2) is 37.5 Å². The Morgan fingerprint density at radius 3 is 2.73 bits per heavy atom. The van der Waals surface area contributed by atoms with Crippen molar-refractivity contribution < 1.29 is 14.6 Å². The minimum Gasteiger partial charge on any atom is -0.508 e. The minimum atomic E-state index is 0.296. The normalized spacial score (nSPS) is 12.9. The monoisotopic (exact) mass is 355 g/mol. The summed E-state index contributed by atoms with van der Waals surface area (Å²) >= 11 is 0. The highest BCUT2D eigenvalue weighted by molar-refractivity contribution is 5.79. The van der Waals surface area contributed by atoms with Gasteiger partial charge in [0.1, 0.15) is 5.75 Å². The molecule has 0 saturated carbocycles. The van der Waals surface area contributed by atoms with Gasteiger partial charge in [-0.3, -0.25) is 4.99 Å². The average Bonchev–Trinajstić information content (AvgIpc) is 3.09. The van der Waals surface area contributed by atoms with Gasteiger partial charge in [0.25, 0.3) is 0 Å². The number of fused-ring (bicyclic) bond motifs is 1. The fourth-order valence-electron chi connectivity index (χ4n) is 2.77. The molecule has 0 amide bonds. The van der Waals surface area contributed by atoms with Crippen LogP contribution in [0.4, 0.5) is 0 Å². The van der Waals surface area contributed by atoms with Crippen molar-refractivity contribution >= 4 is 5.96 Å². The Morgan fingerprint density at radius 1 is 1.04 bits per heavy atom. The molecule has 0 spiro atoms. The number of hydrogen-bond donors (Lipinski definition) is 3. The molecule has 1 heterocycles. The summed E-state index contributed by atoms with van der Waals surface area (Å²) in [6, 6.07) is 13.3. The lowest BCUT2D eigenvalue weighted by Gasteiger charge is -2.11. The van der Waals surface area contributed by atoms with E-state index in [0.29, 0.717) is 19.1 Å². The summed E-state index contributed by atoms with van der Waals surface area (Å²) in [5, 5.41) is 16.1. The number of aromatic hydroxyl groups is 1. The first kappa shape index (κ1) is 17.9. The average molecular weight is 355 g/mol. The zero-order valence-corrected chi connectivity index (χ0v) is 15.0. The molecule has 0 aromatic heterocycles. The summed E-state index contributed by atoms with van der Waals surface area (Å²) in [7, 11) is 0. The quantitative estimate of drug-likeness (QED) is 0.525. The molecule has 0 saturated heterocycles. The predicted molar refractivity (Wildman–Crippen MR) is 102 cm³/mol. The van der Waals surface area contributed by atoms with Crippen LogP contribution in [0, 0.1) is 0 Å². The molecule has 2 aromatic carbocycles. The standard InChI is InChI=1S/C20H25N3O3/c1-2-21-20(22-10-8-15-4-3-5-17(24)12-15)23-11-9-16-6-7-18-19(13-16)26-14-25-18/h3-7,12-13,24H,2,8-11,14H2,1H3,(H2,21,22,23). The maximum absolute atomic E-state index is 9.52. The topological polar surface area (TPSA) is 75.1 Å². The van der Waals surface area contributed by atoms with Gasteiger partial charge in [-0.25, -0.2) is 0 Å². The molecule has 0 fully saturated rings. The van der Waals surface area contributed by atoms with Crippen molar-refractivity contribution in [2.75, 3.05) is 26.4 Å². The summed E-state index contributed by atoms with van der Waals surface area (Å²) in [6.07, 6.45) is 1.65. The molecule has 2 aromatic rings. The number of phenolic OH excluding ortho intramolecular Hbond substituents is 1. The van der Waals surface area contributed by atoms with Gasteiger partial charge in [-0.15, -0.1) is 0 Å². The molecule has 138 valence electrons. The maximum Gasteiger partial charge on any atom is 0.231 e. The Hall–Kier alpha value is -2.89. The predicted octanol–water partition coefficient (Wildman–Crippen LogP) is 2.46. The van der Waals surface area contributed by atoms with Gasteiger partial charge in [0.05, 0.1) is 0 Å². The van der Waals surface area contributed by atoms with Crippen molar-refractivity contribution in [3.05, 3.63) is 53.6 Å². The molecule has 0 aliphatic carbocycles. The lowest BCUT2D eigenvalue weighted by molar-refractivity contribution is 0.174. The van der Waals surface area contributed by atoms with Gasteiger partial charge >= 0.3 is 0 Å². The number of nitrogens with zero attached hydrogens (tertiary/aromatic N) is 1. The summed E-state index contributed by atoms with van der Waals surface area (Å²) < 4.78 is 10.7. The van der Waals surface area contributed by atoms with E-state index in [4.69, 9.17) is 9.47 Å². The van der Waals surface area contributed by atoms with Gasteiger partial charge in [-0.05, 0) is 55.2 Å². The number of nitrogens with one attached hydrogen (secondary N) is 2. The van der Waals surface area contributed by atoms with Crippen LogP contribution in [0.5, 0.6) is 17.2 Å². The summed E-state index contributed by atoms with van der Waals surface area (Å²) in [5.41, 5.74) is 2.27. The second kappa shape index (κ2) is 8.99. The Bertz CT molecular complexity index is 762. The van der Waals surface area contributed by atoms with Crippen molar-refractivity contribution in [2.45, 2.75) is 19.8 Å². The van der Waals surface area contributed by atoms with Crippen molar-refractivity contribution in [1.29, 1.82) is 0 Å². The van der Waals surface area contributed by atoms with E-state index in [9.17, 15) is 5.11 Å². The Balaban J connectivity index is 1.48. The second-order valence-corrected chi connectivity index (χ2v) is 6.04. The number of ether oxygens (including phenoxy) is 2. The SMILES string of the molecule is CCNC(=NCCc1ccc2c(c1)OCO2)NCCc1cccc(O)c1. The van der Waals surface area contributed by atoms with E-state index < -0.39 is 0 Å². The van der Waals surface area contributed by atoms with Gasteiger partial charge < -0.3 is 25.2 Å². The molecule has 3 N–H and O–H groups in total. The van der Waals surface area contributed by atoms with Gasteiger partial charge in [-0.2, -0.15) is 0 Å². The fraction of sp³-hybridized carbons (Fsp3) is 0.350. The Morgan fingerprint density at radius 2 is 1.88 bits per heavy atom. The van der Waals surface area contributed by atoms with Crippen LogP contribution in [0.15, 0.2) is 47.5 Å². The summed E-state index contributed by atoms with van der Waals surface area (Å²) in [5.74, 6) is 2.71. The third-order valence-corrected chi connectivity index (χ3v) is 4.07. The minimum absolute atomic E-state index is 0.296. The number of hydrogen-bond acceptors (Lipinski definition) is 4. The zero-order valence-electron chi connectivity index (χ0n) is 15.0. The van der Waals surface area contributed by atoms with E-state index in [-0.39, 0.29) is 0 Å². The van der Waals surface area contributed by atoms with Crippen molar-refractivity contribution in [3.8, 4) is 17.2 Å². The van der Waals surface area contributed by atoms with Crippen LogP contribution in [-0.2, 0) is 12.8 Å². The maximum atomic E-state index is 9.52. The number of benzene rings is 2. The molecule has 0 unspecified atom stereocenters. The first-order chi connectivity index (χ1) is 12.7. The van der Waals surface area contributed by atoms with Crippen LogP contribution in [0.25, 0.3) is 0 Å². The fourth-order valence-corrected chi connectivity index (χ4v) is 2.77. The van der Waals surface area contributed by atoms with Gasteiger partial charge in [-0.1, -0.05) is 18.2 Å². The van der Waals surface area contributed by atoms with Gasteiger partial charge in [0.2, 0.25) is 6.79 Å². The number of guanidine groups is 1. The van der Waals surface area contributed by atoms with Crippen LogP contribution >= 0.6 is 0 Å². The number of rotatable bonds is 7.